The lowest BCUT2D eigenvalue weighted by molar-refractivity contribution is 0.396. The van der Waals surface area contributed by atoms with Crippen LogP contribution in [0.3, 0.4) is 0 Å². The number of allylic oxidation sites excluding steroid dienone is 4. The van der Waals surface area contributed by atoms with Crippen LogP contribution in [0.1, 0.15) is 33.3 Å². The lowest BCUT2D eigenvalue weighted by Gasteiger charge is -2.25. The number of hydrogen-bond acceptors (Lipinski definition) is 2. The number of rotatable bonds is 3. The van der Waals surface area contributed by atoms with Crippen molar-refractivity contribution in [2.45, 2.75) is 40.7 Å². The summed E-state index contributed by atoms with van der Waals surface area (Å²) in [5.74, 6) is 0. The largest absolute Gasteiger partial charge is 0.456 e. The molecule has 0 radical (unpaired) electrons. The van der Waals surface area contributed by atoms with Crippen molar-refractivity contribution in [1.82, 2.24) is 4.90 Å². The fourth-order valence-electron chi connectivity index (χ4n) is 3.29. The number of nitrogens with zero attached hydrogens (tertiary/aromatic N) is 1. The summed E-state index contributed by atoms with van der Waals surface area (Å²) in [6, 6.07) is 18.6. The minimum absolute atomic E-state index is 0.205. The van der Waals surface area contributed by atoms with Gasteiger partial charge in [-0.3, -0.25) is 0 Å². The van der Waals surface area contributed by atoms with E-state index in [4.69, 9.17) is 4.42 Å². The third-order valence-electron chi connectivity index (χ3n) is 5.11. The SMILES string of the molecule is C/C=c1\c(=C/C(C)N(C)C2=CC=C=CC=C2)oc2ccccc12.CC.Cc1ccccc1. The molecule has 3 aromatic rings. The predicted octanol–water partition coefficient (Wildman–Crippen LogP) is 6.52. The average molecular weight is 426 g/mol. The van der Waals surface area contributed by atoms with E-state index in [1.54, 1.807) is 0 Å². The highest BCUT2D eigenvalue weighted by atomic mass is 16.3. The second-order valence-electron chi connectivity index (χ2n) is 7.29. The van der Waals surface area contributed by atoms with Gasteiger partial charge in [0, 0.05) is 29.4 Å². The molecule has 1 heterocycles. The van der Waals surface area contributed by atoms with Crippen molar-refractivity contribution in [3.63, 3.8) is 0 Å². The molecule has 0 aliphatic heterocycles. The van der Waals surface area contributed by atoms with Crippen LogP contribution in [0.15, 0.2) is 101 Å². The third kappa shape index (κ3) is 6.77. The summed E-state index contributed by atoms with van der Waals surface area (Å²) < 4.78 is 6.05. The molecular formula is C30H35NO. The second-order valence-corrected chi connectivity index (χ2v) is 7.29. The Morgan fingerprint density at radius 1 is 0.969 bits per heavy atom. The molecule has 1 unspecified atom stereocenters. The van der Waals surface area contributed by atoms with Crippen LogP contribution in [0.4, 0.5) is 0 Å². The highest BCUT2D eigenvalue weighted by Gasteiger charge is 2.10. The molecule has 0 fully saturated rings. The fourth-order valence-corrected chi connectivity index (χ4v) is 3.29. The Kier molecular flexibility index (Phi) is 10.1. The van der Waals surface area contributed by atoms with Crippen molar-refractivity contribution in [2.24, 2.45) is 0 Å². The first-order chi connectivity index (χ1) is 15.6. The first-order valence-electron chi connectivity index (χ1n) is 11.3. The molecule has 0 saturated heterocycles. The summed E-state index contributed by atoms with van der Waals surface area (Å²) in [7, 11) is 2.09. The van der Waals surface area contributed by atoms with E-state index in [0.717, 1.165) is 27.3 Å². The van der Waals surface area contributed by atoms with Gasteiger partial charge >= 0.3 is 0 Å². The van der Waals surface area contributed by atoms with Crippen molar-refractivity contribution >= 4 is 23.1 Å². The van der Waals surface area contributed by atoms with E-state index in [0.29, 0.717) is 0 Å². The maximum absolute atomic E-state index is 6.05. The highest BCUT2D eigenvalue weighted by molar-refractivity contribution is 5.78. The molecule has 0 spiro atoms. The van der Waals surface area contributed by atoms with Crippen LogP contribution in [0.25, 0.3) is 23.1 Å². The molecule has 166 valence electrons. The topological polar surface area (TPSA) is 16.4 Å². The van der Waals surface area contributed by atoms with E-state index >= 15 is 0 Å². The van der Waals surface area contributed by atoms with Gasteiger partial charge in [0.15, 0.2) is 0 Å². The maximum atomic E-state index is 6.05. The molecule has 2 nitrogen and oxygen atoms in total. The summed E-state index contributed by atoms with van der Waals surface area (Å²) in [4.78, 5) is 2.22. The Morgan fingerprint density at radius 2 is 1.66 bits per heavy atom. The molecule has 1 aliphatic carbocycles. The second kappa shape index (κ2) is 13.0. The molecule has 1 aliphatic rings. The van der Waals surface area contributed by atoms with Gasteiger partial charge < -0.3 is 9.32 Å². The maximum Gasteiger partial charge on any atom is 0.135 e. The summed E-state index contributed by atoms with van der Waals surface area (Å²) in [5, 5.41) is 2.32. The van der Waals surface area contributed by atoms with Gasteiger partial charge in [0.25, 0.3) is 0 Å². The van der Waals surface area contributed by atoms with Gasteiger partial charge in [0.1, 0.15) is 11.0 Å². The lowest BCUT2D eigenvalue weighted by Crippen LogP contribution is -2.30. The first-order valence-corrected chi connectivity index (χ1v) is 11.3. The Hall–Kier alpha value is -3.48. The monoisotopic (exact) mass is 425 g/mol. The van der Waals surface area contributed by atoms with E-state index in [1.807, 2.05) is 68.5 Å². The van der Waals surface area contributed by atoms with Gasteiger partial charge in [-0.25, -0.2) is 0 Å². The van der Waals surface area contributed by atoms with Crippen LogP contribution >= 0.6 is 0 Å². The van der Waals surface area contributed by atoms with E-state index in [-0.39, 0.29) is 6.04 Å². The van der Waals surface area contributed by atoms with Crippen LogP contribution in [0, 0.1) is 6.92 Å². The van der Waals surface area contributed by atoms with Gasteiger partial charge in [0.2, 0.25) is 0 Å². The van der Waals surface area contributed by atoms with Gasteiger partial charge in [-0.15, -0.1) is 5.73 Å². The van der Waals surface area contributed by atoms with Crippen LogP contribution in [-0.4, -0.2) is 18.0 Å². The molecule has 0 amide bonds. The number of furan rings is 1. The first kappa shape index (κ1) is 24.8. The van der Waals surface area contributed by atoms with Crippen molar-refractivity contribution < 1.29 is 4.42 Å². The fraction of sp³-hybridized carbons (Fsp3) is 0.233. The van der Waals surface area contributed by atoms with Crippen LogP contribution < -0.4 is 10.6 Å². The minimum atomic E-state index is 0.205. The van der Waals surface area contributed by atoms with Crippen LogP contribution in [0.2, 0.25) is 0 Å². The molecule has 2 heteroatoms. The van der Waals surface area contributed by atoms with Crippen molar-refractivity contribution in [3.8, 4) is 0 Å². The summed E-state index contributed by atoms with van der Waals surface area (Å²) >= 11 is 0. The normalized spacial score (nSPS) is 14.1. The van der Waals surface area contributed by atoms with E-state index < -0.39 is 0 Å². The summed E-state index contributed by atoms with van der Waals surface area (Å²) in [5.41, 5.74) is 7.41. The van der Waals surface area contributed by atoms with Gasteiger partial charge in [-0.2, -0.15) is 0 Å². The van der Waals surface area contributed by atoms with Gasteiger partial charge in [0.05, 0.1) is 0 Å². The molecule has 1 aromatic heterocycles. The molecule has 4 rings (SSSR count). The quantitative estimate of drug-likeness (QED) is 0.444. The van der Waals surface area contributed by atoms with Crippen molar-refractivity contribution in [1.29, 1.82) is 0 Å². The Balaban J connectivity index is 0.000000340. The highest BCUT2D eigenvalue weighted by Crippen LogP contribution is 2.12. The molecule has 0 N–H and O–H groups in total. The van der Waals surface area contributed by atoms with Crippen LogP contribution in [0.5, 0.6) is 0 Å². The summed E-state index contributed by atoms with van der Waals surface area (Å²) in [6.45, 7) is 10.3. The van der Waals surface area contributed by atoms with Gasteiger partial charge in [-0.05, 0) is 57.2 Å². The number of aryl methyl sites for hydroxylation is 1. The zero-order valence-electron chi connectivity index (χ0n) is 20.2. The summed E-state index contributed by atoms with van der Waals surface area (Å²) in [6.07, 6.45) is 14.3. The Labute approximate surface area is 192 Å². The minimum Gasteiger partial charge on any atom is -0.456 e. The molecule has 32 heavy (non-hydrogen) atoms. The Morgan fingerprint density at radius 3 is 2.31 bits per heavy atom. The zero-order chi connectivity index (χ0) is 23.3. The number of benzene rings is 2. The molecular weight excluding hydrogens is 390 g/mol. The van der Waals surface area contributed by atoms with Crippen molar-refractivity contribution in [2.75, 3.05) is 7.05 Å². The third-order valence-corrected chi connectivity index (χ3v) is 5.11. The van der Waals surface area contributed by atoms with Crippen LogP contribution in [-0.2, 0) is 0 Å². The Bertz CT molecular complexity index is 1220. The van der Waals surface area contributed by atoms with E-state index in [9.17, 15) is 0 Å². The molecule has 1 atom stereocenters. The van der Waals surface area contributed by atoms with E-state index in [1.165, 1.54) is 5.56 Å². The molecule has 2 aromatic carbocycles. The number of para-hydroxylation sites is 1. The lowest BCUT2D eigenvalue weighted by atomic mass is 10.2. The average Bonchev–Trinajstić information content (AvgIpc) is 2.98. The number of fused-ring (bicyclic) bond motifs is 1. The molecule has 0 bridgehead atoms. The van der Waals surface area contributed by atoms with Gasteiger partial charge in [-0.1, -0.05) is 80.1 Å². The number of hydrogen-bond donors (Lipinski definition) is 0. The van der Waals surface area contributed by atoms with Crippen molar-refractivity contribution in [3.05, 3.63) is 113 Å². The number of likely N-dealkylation sites (N-methyl/N-ethyl adjacent to an activating group) is 1. The smallest absolute Gasteiger partial charge is 0.135 e. The zero-order valence-corrected chi connectivity index (χ0v) is 20.2. The predicted molar refractivity (Wildman–Crippen MR) is 140 cm³/mol. The standard InChI is InChI=1S/C21H21NO.C7H8.C2H6/c1-4-18-19-13-9-10-14-20(19)23-21(18)15-16(2)22(3)17-11-7-5-6-8-12-17;1-7-5-3-2-4-6-7;1-2/h4-5,7-16H,1-3H3;2-6H,1H3;1-2H3/b18-4-,21-15+;;. The van der Waals surface area contributed by atoms with E-state index in [2.05, 4.69) is 81.0 Å². The molecule has 0 saturated carbocycles.